The summed E-state index contributed by atoms with van der Waals surface area (Å²) < 4.78 is 10.6. The second kappa shape index (κ2) is 4.61. The first kappa shape index (κ1) is 11.1. The number of rotatable bonds is 4. The van der Waals surface area contributed by atoms with Crippen molar-refractivity contribution in [1.29, 1.82) is 0 Å². The van der Waals surface area contributed by atoms with Crippen LogP contribution in [0.15, 0.2) is 12.1 Å². The summed E-state index contributed by atoms with van der Waals surface area (Å²) in [6, 6.07) is 3.99. The maximum absolute atomic E-state index is 5.36. The smallest absolute Gasteiger partial charge is 0.145 e. The summed E-state index contributed by atoms with van der Waals surface area (Å²) in [5.74, 6) is 2.18. The Hall–Kier alpha value is -1.42. The number of fused-ring (bicyclic) bond motifs is 1. The number of hydrogen-bond donors (Lipinski definition) is 2. The molecule has 16 heavy (non-hydrogen) atoms. The van der Waals surface area contributed by atoms with Gasteiger partial charge in [-0.3, -0.25) is 0 Å². The summed E-state index contributed by atoms with van der Waals surface area (Å²) in [6.07, 6.45) is 0. The zero-order valence-corrected chi connectivity index (χ0v) is 9.96. The van der Waals surface area contributed by atoms with Gasteiger partial charge in [0.1, 0.15) is 11.5 Å². The van der Waals surface area contributed by atoms with Crippen molar-refractivity contribution in [2.24, 2.45) is 0 Å². The van der Waals surface area contributed by atoms with Gasteiger partial charge in [0, 0.05) is 25.1 Å². The molecule has 0 aliphatic carbocycles. The van der Waals surface area contributed by atoms with Crippen molar-refractivity contribution in [2.45, 2.75) is 5.92 Å². The second-order valence-electron chi connectivity index (χ2n) is 3.93. The topological polar surface area (TPSA) is 42.5 Å². The van der Waals surface area contributed by atoms with E-state index in [9.17, 15) is 0 Å². The third-order valence-corrected chi connectivity index (χ3v) is 2.98. The first-order valence-corrected chi connectivity index (χ1v) is 5.44. The van der Waals surface area contributed by atoms with E-state index < -0.39 is 0 Å². The molecular formula is C12H18N2O2. The monoisotopic (exact) mass is 222 g/mol. The van der Waals surface area contributed by atoms with Crippen molar-refractivity contribution >= 4 is 5.69 Å². The molecule has 1 aliphatic heterocycles. The van der Waals surface area contributed by atoms with E-state index in [0.29, 0.717) is 5.92 Å². The average Bonchev–Trinajstić information content (AvgIpc) is 2.72. The van der Waals surface area contributed by atoms with Gasteiger partial charge in [-0.1, -0.05) is 0 Å². The second-order valence-corrected chi connectivity index (χ2v) is 3.93. The summed E-state index contributed by atoms with van der Waals surface area (Å²) in [7, 11) is 5.33. The van der Waals surface area contributed by atoms with Gasteiger partial charge in [-0.2, -0.15) is 0 Å². The summed E-state index contributed by atoms with van der Waals surface area (Å²) >= 11 is 0. The molecule has 0 aromatic heterocycles. The Morgan fingerprint density at radius 2 is 2.19 bits per heavy atom. The molecule has 2 rings (SSSR count). The van der Waals surface area contributed by atoms with E-state index >= 15 is 0 Å². The van der Waals surface area contributed by atoms with Gasteiger partial charge >= 0.3 is 0 Å². The number of nitrogens with one attached hydrogen (secondary N) is 2. The molecule has 0 amide bonds. The minimum absolute atomic E-state index is 0.476. The predicted molar refractivity (Wildman–Crippen MR) is 64.7 cm³/mol. The number of ether oxygens (including phenoxy) is 2. The number of likely N-dealkylation sites (N-methyl/N-ethyl adjacent to an activating group) is 1. The van der Waals surface area contributed by atoms with E-state index in [2.05, 4.69) is 16.7 Å². The first-order chi connectivity index (χ1) is 7.80. The normalized spacial score (nSPS) is 17.8. The summed E-state index contributed by atoms with van der Waals surface area (Å²) in [5.41, 5.74) is 2.37. The molecule has 0 spiro atoms. The van der Waals surface area contributed by atoms with Gasteiger partial charge in [0.25, 0.3) is 0 Å². The summed E-state index contributed by atoms with van der Waals surface area (Å²) in [6.45, 7) is 1.90. The Labute approximate surface area is 95.9 Å². The van der Waals surface area contributed by atoms with Gasteiger partial charge in [-0.05, 0) is 18.7 Å². The first-order valence-electron chi connectivity index (χ1n) is 5.44. The zero-order valence-electron chi connectivity index (χ0n) is 9.96. The van der Waals surface area contributed by atoms with Crippen molar-refractivity contribution in [3.8, 4) is 11.5 Å². The Morgan fingerprint density at radius 3 is 2.81 bits per heavy atom. The molecule has 0 fully saturated rings. The van der Waals surface area contributed by atoms with E-state index in [0.717, 1.165) is 30.3 Å². The maximum atomic E-state index is 5.36. The lowest BCUT2D eigenvalue weighted by Gasteiger charge is -2.12. The fourth-order valence-corrected chi connectivity index (χ4v) is 2.16. The molecule has 0 saturated heterocycles. The van der Waals surface area contributed by atoms with Crippen LogP contribution in [0.25, 0.3) is 0 Å². The SMILES string of the molecule is CNCC1CNc2c(OC)cc(OC)cc21. The molecule has 2 N–H and O–H groups in total. The Balaban J connectivity index is 2.40. The van der Waals surface area contributed by atoms with Gasteiger partial charge in [0.2, 0.25) is 0 Å². The molecule has 4 nitrogen and oxygen atoms in total. The maximum Gasteiger partial charge on any atom is 0.145 e. The molecule has 1 unspecified atom stereocenters. The summed E-state index contributed by atoms with van der Waals surface area (Å²) in [4.78, 5) is 0. The third-order valence-electron chi connectivity index (χ3n) is 2.98. The Morgan fingerprint density at radius 1 is 1.38 bits per heavy atom. The van der Waals surface area contributed by atoms with Crippen LogP contribution in [-0.4, -0.2) is 34.4 Å². The van der Waals surface area contributed by atoms with Crippen molar-refractivity contribution in [3.05, 3.63) is 17.7 Å². The van der Waals surface area contributed by atoms with Crippen LogP contribution in [0.2, 0.25) is 0 Å². The zero-order chi connectivity index (χ0) is 11.5. The van der Waals surface area contributed by atoms with Crippen LogP contribution in [0.5, 0.6) is 11.5 Å². The predicted octanol–water partition coefficient (Wildman–Crippen LogP) is 1.43. The van der Waals surface area contributed by atoms with Gasteiger partial charge < -0.3 is 20.1 Å². The Bertz CT molecular complexity index is 380. The van der Waals surface area contributed by atoms with E-state index in [4.69, 9.17) is 9.47 Å². The average molecular weight is 222 g/mol. The van der Waals surface area contributed by atoms with Gasteiger partial charge in [0.15, 0.2) is 0 Å². The molecule has 4 heteroatoms. The molecular weight excluding hydrogens is 204 g/mol. The number of benzene rings is 1. The van der Waals surface area contributed by atoms with Crippen LogP contribution in [0.3, 0.4) is 0 Å². The van der Waals surface area contributed by atoms with Crippen LogP contribution in [-0.2, 0) is 0 Å². The quantitative estimate of drug-likeness (QED) is 0.809. The summed E-state index contributed by atoms with van der Waals surface area (Å²) in [5, 5.41) is 6.59. The largest absolute Gasteiger partial charge is 0.497 e. The van der Waals surface area contributed by atoms with E-state index in [1.54, 1.807) is 14.2 Å². The van der Waals surface area contributed by atoms with Crippen LogP contribution in [0.1, 0.15) is 11.5 Å². The highest BCUT2D eigenvalue weighted by atomic mass is 16.5. The lowest BCUT2D eigenvalue weighted by molar-refractivity contribution is 0.395. The molecule has 0 radical (unpaired) electrons. The number of anilines is 1. The highest BCUT2D eigenvalue weighted by Crippen LogP contribution is 2.41. The highest BCUT2D eigenvalue weighted by Gasteiger charge is 2.25. The molecule has 1 aromatic rings. The standard InChI is InChI=1S/C12H18N2O2/c1-13-6-8-7-14-12-10(8)4-9(15-2)5-11(12)16-3/h4-5,8,13-14H,6-7H2,1-3H3. The molecule has 1 aromatic carbocycles. The lowest BCUT2D eigenvalue weighted by Crippen LogP contribution is -2.18. The molecule has 1 atom stereocenters. The number of methoxy groups -OCH3 is 2. The third kappa shape index (κ3) is 1.80. The van der Waals surface area contributed by atoms with E-state index in [-0.39, 0.29) is 0 Å². The molecule has 1 heterocycles. The fraction of sp³-hybridized carbons (Fsp3) is 0.500. The lowest BCUT2D eigenvalue weighted by atomic mass is 10.0. The molecule has 1 aliphatic rings. The van der Waals surface area contributed by atoms with Crippen LogP contribution in [0.4, 0.5) is 5.69 Å². The van der Waals surface area contributed by atoms with E-state index in [1.165, 1.54) is 5.56 Å². The molecule has 0 saturated carbocycles. The molecule has 0 bridgehead atoms. The Kier molecular flexibility index (Phi) is 3.19. The van der Waals surface area contributed by atoms with Crippen LogP contribution < -0.4 is 20.1 Å². The minimum atomic E-state index is 0.476. The fourth-order valence-electron chi connectivity index (χ4n) is 2.16. The number of hydrogen-bond acceptors (Lipinski definition) is 4. The van der Waals surface area contributed by atoms with Gasteiger partial charge in [0.05, 0.1) is 19.9 Å². The van der Waals surface area contributed by atoms with Gasteiger partial charge in [-0.25, -0.2) is 0 Å². The van der Waals surface area contributed by atoms with E-state index in [1.807, 2.05) is 13.1 Å². The van der Waals surface area contributed by atoms with Crippen LogP contribution >= 0.6 is 0 Å². The highest BCUT2D eigenvalue weighted by molar-refractivity contribution is 5.69. The molecule has 88 valence electrons. The van der Waals surface area contributed by atoms with Crippen LogP contribution in [0, 0.1) is 0 Å². The van der Waals surface area contributed by atoms with Gasteiger partial charge in [-0.15, -0.1) is 0 Å². The van der Waals surface area contributed by atoms with Crippen molar-refractivity contribution in [1.82, 2.24) is 5.32 Å². The van der Waals surface area contributed by atoms with Crippen molar-refractivity contribution < 1.29 is 9.47 Å². The minimum Gasteiger partial charge on any atom is -0.497 e. The van der Waals surface area contributed by atoms with Crippen molar-refractivity contribution in [3.63, 3.8) is 0 Å². The van der Waals surface area contributed by atoms with Crippen molar-refractivity contribution in [2.75, 3.05) is 39.7 Å².